The van der Waals surface area contributed by atoms with Crippen molar-refractivity contribution in [2.75, 3.05) is 12.3 Å². The molecular weight excluding hydrogens is 1150 g/mol. The molecule has 3 aromatic carbocycles. The third-order valence-corrected chi connectivity index (χ3v) is 24.3. The molecule has 336 valence electrons. The van der Waals surface area contributed by atoms with E-state index in [-0.39, 0.29) is 60.6 Å². The predicted molar refractivity (Wildman–Crippen MR) is 266 cm³/mol. The second-order valence-corrected chi connectivity index (χ2v) is 26.2. The minimum absolute atomic E-state index is 0. The van der Waals surface area contributed by atoms with Gasteiger partial charge in [-0.25, -0.2) is 0 Å². The number of hydrogen-bond donors (Lipinski definition) is 0. The van der Waals surface area contributed by atoms with Crippen LogP contribution in [0.2, 0.25) is 0 Å². The van der Waals surface area contributed by atoms with Gasteiger partial charge in [0.15, 0.2) is 0 Å². The van der Waals surface area contributed by atoms with E-state index in [1.165, 1.54) is 67.2 Å². The number of unbranched alkanes of at least 4 members (excludes halogenated alkanes) is 1. The van der Waals surface area contributed by atoms with Crippen LogP contribution in [0.15, 0.2) is 84.0 Å². The van der Waals surface area contributed by atoms with Gasteiger partial charge in [0.1, 0.15) is 0 Å². The summed E-state index contributed by atoms with van der Waals surface area (Å²) in [7, 11) is -0.162. The minimum Gasteiger partial charge on any atom is -0.366 e. The molecule has 0 spiro atoms. The average Bonchev–Trinajstić information content (AvgIpc) is 3.89. The molecule has 7 aliphatic rings. The molecule has 0 radical (unpaired) electrons. The molecule has 0 unspecified atom stereocenters. The summed E-state index contributed by atoms with van der Waals surface area (Å²) in [5.41, 5.74) is 17.8. The Morgan fingerprint density at radius 3 is 1.40 bits per heavy atom. The Balaban J connectivity index is 0.000000168. The largest absolute Gasteiger partial charge is 1.00 e. The van der Waals surface area contributed by atoms with Crippen LogP contribution in [0.1, 0.15) is 182 Å². The zero-order valence-electron chi connectivity index (χ0n) is 37.6. The Morgan fingerprint density at radius 2 is 0.919 bits per heavy atom. The molecule has 0 saturated heterocycles. The van der Waals surface area contributed by atoms with Gasteiger partial charge in [0, 0.05) is 15.8 Å². The minimum atomic E-state index is -0.0809. The summed E-state index contributed by atoms with van der Waals surface area (Å²) in [6.45, 7) is 0. The van der Waals surface area contributed by atoms with E-state index < -0.39 is 0 Å². The molecule has 62 heavy (non-hydrogen) atoms. The third-order valence-electron chi connectivity index (χ3n) is 15.9. The van der Waals surface area contributed by atoms with Crippen molar-refractivity contribution in [3.05, 3.63) is 125 Å². The molecule has 4 saturated carbocycles. The smallest absolute Gasteiger partial charge is 0.366 e. The molecule has 0 nitrogen and oxygen atoms in total. The van der Waals surface area contributed by atoms with Crippen molar-refractivity contribution in [3.63, 3.8) is 0 Å². The molecule has 0 N–H and O–H groups in total. The standard InChI is InChI=1S/C28H52P2.C15H11.C15H9.2Au/c1-5-15-25(16-6-1)29(26-17-7-2-8-18-26)23-13-14-24-30(27-19-9-3-10-20-27)28-21-11-4-12-22-28;2*1-2-11-7-8-13-10-12-5-3-4-6-14(12)15(13)9-11;;/h25-28H,1-24H2;3-6,9H,7-8,10H2;3-9H,10H2;;/q;2*-1;2*+1/p+2. The van der Waals surface area contributed by atoms with E-state index in [2.05, 4.69) is 72.5 Å². The summed E-state index contributed by atoms with van der Waals surface area (Å²) in [6, 6.07) is 23.1. The van der Waals surface area contributed by atoms with Crippen LogP contribution in [0.3, 0.4) is 0 Å². The SMILES string of the molecule is C1CCC([PH+](CCCC[PH+](C2CCCCC2)C2CCCCC2)C2CCCCC2)CC1.[Au+].[Au+].[C-]#CC1=CC2=C(CC1)Cc1ccccc12.[C-]#Cc1ccc2c(c1)-c1ccccc1C2. The van der Waals surface area contributed by atoms with Gasteiger partial charge in [-0.05, 0) is 174 Å². The molecule has 4 heteroatoms. The van der Waals surface area contributed by atoms with E-state index in [1.54, 1.807) is 154 Å². The summed E-state index contributed by atoms with van der Waals surface area (Å²) in [4.78, 5) is 0. The first-order chi connectivity index (χ1) is 29.7. The Kier molecular flexibility index (Phi) is 21.0. The molecule has 4 fully saturated rings. The Bertz CT molecular complexity index is 1930. The van der Waals surface area contributed by atoms with Crippen molar-refractivity contribution in [1.82, 2.24) is 0 Å². The normalized spacial score (nSPS) is 20.0. The maximum atomic E-state index is 7.19. The van der Waals surface area contributed by atoms with E-state index in [0.29, 0.717) is 0 Å². The van der Waals surface area contributed by atoms with E-state index >= 15 is 0 Å². The summed E-state index contributed by atoms with van der Waals surface area (Å²) < 4.78 is 0. The molecule has 0 heterocycles. The first-order valence-corrected chi connectivity index (χ1v) is 28.7. The van der Waals surface area contributed by atoms with Crippen molar-refractivity contribution in [2.45, 2.75) is 190 Å². The summed E-state index contributed by atoms with van der Waals surface area (Å²) in [5.74, 6) is 4.96. The zero-order valence-corrected chi connectivity index (χ0v) is 44.0. The first kappa shape index (κ1) is 50.0. The molecule has 0 amide bonds. The van der Waals surface area contributed by atoms with Crippen LogP contribution >= 0.6 is 15.8 Å². The molecular formula is C58H74Au2P2+2. The fourth-order valence-electron chi connectivity index (χ4n) is 12.7. The van der Waals surface area contributed by atoms with Gasteiger partial charge >= 0.3 is 44.8 Å². The molecule has 0 atom stereocenters. The van der Waals surface area contributed by atoms with Gasteiger partial charge in [-0.15, -0.1) is 29.3 Å². The number of fused-ring (bicyclic) bond motifs is 5. The van der Waals surface area contributed by atoms with E-state index in [0.717, 1.165) is 36.8 Å². The Labute approximate surface area is 412 Å². The molecule has 7 aliphatic carbocycles. The average molecular weight is 1230 g/mol. The number of benzene rings is 3. The van der Waals surface area contributed by atoms with Gasteiger partial charge < -0.3 is 12.8 Å². The van der Waals surface area contributed by atoms with Crippen LogP contribution in [0.25, 0.3) is 16.7 Å². The van der Waals surface area contributed by atoms with Crippen LogP contribution in [0.5, 0.6) is 0 Å². The maximum Gasteiger partial charge on any atom is 1.00 e. The monoisotopic (exact) mass is 1230 g/mol. The Morgan fingerprint density at radius 1 is 0.468 bits per heavy atom. The second kappa shape index (κ2) is 26.1. The van der Waals surface area contributed by atoms with E-state index in [1.807, 2.05) is 12.1 Å². The summed E-state index contributed by atoms with van der Waals surface area (Å²) in [6.07, 6.45) is 59.2. The van der Waals surface area contributed by atoms with Crippen molar-refractivity contribution in [3.8, 4) is 23.0 Å². The van der Waals surface area contributed by atoms with Crippen LogP contribution in [0.4, 0.5) is 0 Å². The summed E-state index contributed by atoms with van der Waals surface area (Å²) in [5, 5.41) is 0. The van der Waals surface area contributed by atoms with Crippen molar-refractivity contribution < 1.29 is 44.8 Å². The first-order valence-electron chi connectivity index (χ1n) is 25.0. The van der Waals surface area contributed by atoms with Crippen molar-refractivity contribution in [2.24, 2.45) is 0 Å². The van der Waals surface area contributed by atoms with Crippen LogP contribution in [-0.2, 0) is 57.6 Å². The third kappa shape index (κ3) is 13.1. The molecule has 0 aliphatic heterocycles. The van der Waals surface area contributed by atoms with Gasteiger partial charge in [0.2, 0.25) is 0 Å². The van der Waals surface area contributed by atoms with E-state index in [4.69, 9.17) is 12.8 Å². The molecule has 10 rings (SSSR count). The number of allylic oxidation sites excluding steroid dienone is 4. The number of rotatable bonds is 9. The maximum absolute atomic E-state index is 7.19. The molecule has 0 bridgehead atoms. The molecule has 3 aromatic rings. The van der Waals surface area contributed by atoms with Crippen LogP contribution in [-0.4, -0.2) is 35.0 Å². The van der Waals surface area contributed by atoms with Gasteiger partial charge in [0.05, 0.1) is 35.0 Å². The van der Waals surface area contributed by atoms with Gasteiger partial charge in [-0.1, -0.05) is 92.3 Å². The zero-order chi connectivity index (χ0) is 40.9. The quantitative estimate of drug-likeness (QED) is 0.0515. The van der Waals surface area contributed by atoms with E-state index in [9.17, 15) is 0 Å². The van der Waals surface area contributed by atoms with Crippen molar-refractivity contribution in [1.29, 1.82) is 0 Å². The van der Waals surface area contributed by atoms with Crippen LogP contribution in [0, 0.1) is 24.7 Å². The Hall–Kier alpha value is -1.40. The fourth-order valence-corrected chi connectivity index (χ4v) is 21.6. The predicted octanol–water partition coefficient (Wildman–Crippen LogP) is 16.0. The van der Waals surface area contributed by atoms with Gasteiger partial charge in [0.25, 0.3) is 0 Å². The topological polar surface area (TPSA) is 0 Å². The van der Waals surface area contributed by atoms with Gasteiger partial charge in [-0.3, -0.25) is 11.8 Å². The number of hydrogen-bond acceptors (Lipinski definition) is 0. The van der Waals surface area contributed by atoms with Gasteiger partial charge in [-0.2, -0.15) is 0 Å². The second-order valence-electron chi connectivity index (χ2n) is 19.7. The molecule has 0 aromatic heterocycles. The fraction of sp³-hybridized carbons (Fsp3) is 0.552. The summed E-state index contributed by atoms with van der Waals surface area (Å²) >= 11 is 0. The van der Waals surface area contributed by atoms with Crippen LogP contribution < -0.4 is 0 Å². The van der Waals surface area contributed by atoms with Crippen molar-refractivity contribution >= 4 is 21.4 Å².